The van der Waals surface area contributed by atoms with Gasteiger partial charge in [-0.3, -0.25) is 4.68 Å². The number of hydrogen-bond acceptors (Lipinski definition) is 3. The topological polar surface area (TPSA) is 43.9 Å². The van der Waals surface area contributed by atoms with E-state index in [1.54, 1.807) is 17.1 Å². The van der Waals surface area contributed by atoms with Gasteiger partial charge in [-0.1, -0.05) is 6.20 Å². The van der Waals surface area contributed by atoms with Crippen molar-refractivity contribution >= 4 is 0 Å². The van der Waals surface area contributed by atoms with Crippen molar-refractivity contribution in [3.63, 3.8) is 0 Å². The van der Waals surface area contributed by atoms with Crippen LogP contribution in [0.15, 0.2) is 23.1 Å². The predicted octanol–water partition coefficient (Wildman–Crippen LogP) is 0.873. The van der Waals surface area contributed by atoms with Crippen LogP contribution in [0.2, 0.25) is 0 Å². The molecule has 12 heavy (non-hydrogen) atoms. The minimum absolute atomic E-state index is 0. The average molecular weight is 343 g/mol. The third-order valence-corrected chi connectivity index (χ3v) is 1.28. The van der Waals surface area contributed by atoms with Gasteiger partial charge in [-0.15, -0.1) is 0 Å². The molecule has 0 N–H and O–H groups in total. The van der Waals surface area contributed by atoms with E-state index in [1.165, 1.54) is 6.26 Å². The van der Waals surface area contributed by atoms with Crippen LogP contribution in [0.25, 0.3) is 11.6 Å². The van der Waals surface area contributed by atoms with Crippen LogP contribution < -0.4 is 0 Å². The SMILES string of the molecule is Cn1c[c-]c(-c2ncco2)n1.[Pt]. The van der Waals surface area contributed by atoms with Gasteiger partial charge in [0, 0.05) is 34.3 Å². The Hall–Kier alpha value is -0.892. The Morgan fingerprint density at radius 2 is 2.42 bits per heavy atom. The number of nitrogens with zero attached hydrogens (tertiary/aromatic N) is 3. The zero-order chi connectivity index (χ0) is 7.68. The van der Waals surface area contributed by atoms with Crippen molar-refractivity contribution in [2.24, 2.45) is 7.05 Å². The van der Waals surface area contributed by atoms with Crippen LogP contribution >= 0.6 is 0 Å². The molecule has 0 bridgehead atoms. The summed E-state index contributed by atoms with van der Waals surface area (Å²) in [6.07, 6.45) is 4.81. The van der Waals surface area contributed by atoms with E-state index in [2.05, 4.69) is 16.1 Å². The van der Waals surface area contributed by atoms with Crippen LogP contribution in [-0.4, -0.2) is 14.8 Å². The van der Waals surface area contributed by atoms with E-state index in [1.807, 2.05) is 7.05 Å². The Morgan fingerprint density at radius 1 is 1.58 bits per heavy atom. The van der Waals surface area contributed by atoms with Crippen molar-refractivity contribution in [3.05, 3.63) is 24.7 Å². The molecule has 0 aliphatic rings. The predicted molar refractivity (Wildman–Crippen MR) is 37.5 cm³/mol. The summed E-state index contributed by atoms with van der Waals surface area (Å²) < 4.78 is 6.67. The second-order valence-electron chi connectivity index (χ2n) is 2.13. The van der Waals surface area contributed by atoms with Crippen molar-refractivity contribution in [1.82, 2.24) is 14.8 Å². The Kier molecular flexibility index (Phi) is 2.82. The molecule has 66 valence electrons. The van der Waals surface area contributed by atoms with E-state index in [0.717, 1.165) is 0 Å². The maximum atomic E-state index is 5.01. The molecule has 0 saturated heterocycles. The summed E-state index contributed by atoms with van der Waals surface area (Å²) in [5, 5.41) is 4.06. The molecule has 0 saturated carbocycles. The second-order valence-corrected chi connectivity index (χ2v) is 2.13. The molecule has 0 aromatic carbocycles. The molecule has 5 heteroatoms. The van der Waals surface area contributed by atoms with Crippen molar-refractivity contribution in [2.75, 3.05) is 0 Å². The molecule has 2 heterocycles. The van der Waals surface area contributed by atoms with Crippen molar-refractivity contribution < 1.29 is 25.5 Å². The first-order valence-corrected chi connectivity index (χ1v) is 3.17. The van der Waals surface area contributed by atoms with E-state index in [-0.39, 0.29) is 21.1 Å². The summed E-state index contributed by atoms with van der Waals surface area (Å²) in [4.78, 5) is 3.93. The fourth-order valence-electron chi connectivity index (χ4n) is 0.815. The second kappa shape index (κ2) is 3.67. The van der Waals surface area contributed by atoms with Gasteiger partial charge in [-0.2, -0.15) is 6.07 Å². The molecule has 0 fully saturated rings. The van der Waals surface area contributed by atoms with Gasteiger partial charge in [0.25, 0.3) is 0 Å². The summed E-state index contributed by atoms with van der Waals surface area (Å²) >= 11 is 0. The number of aryl methyl sites for hydroxylation is 1. The third-order valence-electron chi connectivity index (χ3n) is 1.28. The molecule has 0 aliphatic heterocycles. The van der Waals surface area contributed by atoms with Crippen LogP contribution in [-0.2, 0) is 28.1 Å². The van der Waals surface area contributed by atoms with Crippen molar-refractivity contribution in [2.45, 2.75) is 0 Å². The van der Waals surface area contributed by atoms with Gasteiger partial charge in [0.05, 0.1) is 12.2 Å². The van der Waals surface area contributed by atoms with Gasteiger partial charge in [0.15, 0.2) is 0 Å². The molecule has 2 rings (SSSR count). The van der Waals surface area contributed by atoms with Crippen LogP contribution in [0.4, 0.5) is 0 Å². The van der Waals surface area contributed by atoms with Gasteiger partial charge < -0.3 is 9.40 Å². The number of rotatable bonds is 1. The number of aromatic nitrogens is 3. The van der Waals surface area contributed by atoms with Gasteiger partial charge in [-0.05, 0) is 5.69 Å². The number of oxazole rings is 1. The molecule has 2 aromatic heterocycles. The largest absolute Gasteiger partial charge is 0.530 e. The van der Waals surface area contributed by atoms with Crippen LogP contribution in [0.3, 0.4) is 0 Å². The summed E-state index contributed by atoms with van der Waals surface area (Å²) in [7, 11) is 1.82. The Labute approximate surface area is 83.9 Å². The van der Waals surface area contributed by atoms with E-state index in [4.69, 9.17) is 4.42 Å². The molecule has 0 atom stereocenters. The van der Waals surface area contributed by atoms with Gasteiger partial charge >= 0.3 is 0 Å². The molecule has 0 unspecified atom stereocenters. The fraction of sp³-hybridized carbons (Fsp3) is 0.143. The normalized spacial score (nSPS) is 9.42. The minimum Gasteiger partial charge on any atom is -0.530 e. The first-order chi connectivity index (χ1) is 5.36. The monoisotopic (exact) mass is 343 g/mol. The quantitative estimate of drug-likeness (QED) is 0.722. The van der Waals surface area contributed by atoms with E-state index in [0.29, 0.717) is 11.6 Å². The smallest absolute Gasteiger partial charge is 0.0867 e. The molecular formula is C7H6N3OPt-. The van der Waals surface area contributed by atoms with Gasteiger partial charge in [0.1, 0.15) is 0 Å². The number of hydrogen-bond donors (Lipinski definition) is 0. The summed E-state index contributed by atoms with van der Waals surface area (Å²) in [5.74, 6) is 0.505. The first-order valence-electron chi connectivity index (χ1n) is 3.17. The summed E-state index contributed by atoms with van der Waals surface area (Å²) in [6.45, 7) is 0. The molecule has 0 aliphatic carbocycles. The molecule has 4 nitrogen and oxygen atoms in total. The van der Waals surface area contributed by atoms with E-state index < -0.39 is 0 Å². The van der Waals surface area contributed by atoms with Gasteiger partial charge in [-0.25, -0.2) is 5.10 Å². The van der Waals surface area contributed by atoms with Crippen LogP contribution in [0.5, 0.6) is 0 Å². The summed E-state index contributed by atoms with van der Waals surface area (Å²) in [5.41, 5.74) is 0.637. The van der Waals surface area contributed by atoms with Crippen molar-refractivity contribution in [1.29, 1.82) is 0 Å². The third kappa shape index (κ3) is 1.64. The maximum Gasteiger partial charge on any atom is 0.0867 e. The Bertz CT molecular complexity index is 341. The van der Waals surface area contributed by atoms with Gasteiger partial charge in [0.2, 0.25) is 0 Å². The molecule has 0 spiro atoms. The minimum atomic E-state index is 0. The van der Waals surface area contributed by atoms with Crippen LogP contribution in [0, 0.1) is 6.07 Å². The summed E-state index contributed by atoms with van der Waals surface area (Å²) in [6, 6.07) is 2.90. The standard InChI is InChI=1S/C7H6N3O.Pt/c1-10-4-2-6(9-10)7-8-3-5-11-7;/h3-5H,1H3;/q-1;. The zero-order valence-electron chi connectivity index (χ0n) is 6.30. The average Bonchev–Trinajstić information content (AvgIpc) is 2.55. The molecular weight excluding hydrogens is 337 g/mol. The van der Waals surface area contributed by atoms with E-state index in [9.17, 15) is 0 Å². The zero-order valence-corrected chi connectivity index (χ0v) is 8.57. The molecule has 2 aromatic rings. The Balaban J connectivity index is 0.000000720. The van der Waals surface area contributed by atoms with E-state index >= 15 is 0 Å². The van der Waals surface area contributed by atoms with Crippen LogP contribution in [0.1, 0.15) is 0 Å². The fourth-order valence-corrected chi connectivity index (χ4v) is 0.815. The van der Waals surface area contributed by atoms with Crippen molar-refractivity contribution in [3.8, 4) is 11.6 Å². The maximum absolute atomic E-state index is 5.01. The molecule has 0 amide bonds. The Morgan fingerprint density at radius 3 is 2.92 bits per heavy atom. The molecule has 0 radical (unpaired) electrons. The first kappa shape index (κ1) is 9.20.